The molecule has 0 atom stereocenters. The zero-order valence-corrected chi connectivity index (χ0v) is 19.5. The largest absolute Gasteiger partial charge is 0.438 e. The summed E-state index contributed by atoms with van der Waals surface area (Å²) in [5.74, 6) is 0.595. The molecular formula is C25H19ClFN7O2. The number of H-pyrrole nitrogens is 1. The van der Waals surface area contributed by atoms with Crippen LogP contribution in [0, 0.1) is 5.82 Å². The first-order valence-corrected chi connectivity index (χ1v) is 11.6. The molecule has 1 saturated carbocycles. The van der Waals surface area contributed by atoms with E-state index in [9.17, 15) is 9.18 Å². The van der Waals surface area contributed by atoms with E-state index >= 15 is 0 Å². The number of carbonyl (C=O) groups is 1. The second kappa shape index (κ2) is 8.97. The van der Waals surface area contributed by atoms with E-state index in [1.165, 1.54) is 18.5 Å². The topological polar surface area (TPSA) is 110 Å². The number of aromatic nitrogens is 5. The van der Waals surface area contributed by atoms with Gasteiger partial charge in [0.2, 0.25) is 5.88 Å². The summed E-state index contributed by atoms with van der Waals surface area (Å²) < 4.78 is 22.2. The summed E-state index contributed by atoms with van der Waals surface area (Å²) in [6.07, 6.45) is 5.04. The summed E-state index contributed by atoms with van der Waals surface area (Å²) in [7, 11) is 0. The zero-order chi connectivity index (χ0) is 24.6. The molecule has 36 heavy (non-hydrogen) atoms. The van der Waals surface area contributed by atoms with E-state index in [0.29, 0.717) is 27.8 Å². The van der Waals surface area contributed by atoms with Crippen molar-refractivity contribution in [3.8, 4) is 17.3 Å². The second-order valence-electron chi connectivity index (χ2n) is 8.34. The molecule has 3 N–H and O–H groups in total. The van der Waals surface area contributed by atoms with Crippen LogP contribution in [-0.2, 0) is 0 Å². The van der Waals surface area contributed by atoms with Crippen molar-refractivity contribution in [3.05, 3.63) is 83.7 Å². The fourth-order valence-electron chi connectivity index (χ4n) is 3.85. The molecular weight excluding hydrogens is 485 g/mol. The lowest BCUT2D eigenvalue weighted by Crippen LogP contribution is -2.21. The molecule has 3 aromatic heterocycles. The van der Waals surface area contributed by atoms with Crippen LogP contribution in [-0.4, -0.2) is 30.8 Å². The molecule has 180 valence electrons. The molecule has 9 nitrogen and oxygen atoms in total. The number of ether oxygens (including phenoxy) is 1. The zero-order valence-electron chi connectivity index (χ0n) is 18.7. The Morgan fingerprint density at radius 2 is 1.94 bits per heavy atom. The van der Waals surface area contributed by atoms with Gasteiger partial charge in [0.1, 0.15) is 29.4 Å². The highest BCUT2D eigenvalue weighted by atomic mass is 35.5. The lowest BCUT2D eigenvalue weighted by atomic mass is 10.3. The summed E-state index contributed by atoms with van der Waals surface area (Å²) in [4.78, 5) is 23.8. The summed E-state index contributed by atoms with van der Waals surface area (Å²) in [6.45, 7) is 0. The first kappa shape index (κ1) is 22.1. The van der Waals surface area contributed by atoms with Crippen molar-refractivity contribution in [2.75, 3.05) is 10.6 Å². The van der Waals surface area contributed by atoms with E-state index in [4.69, 9.17) is 16.3 Å². The number of amides is 2. The van der Waals surface area contributed by atoms with Gasteiger partial charge in [-0.05, 0) is 37.1 Å². The number of benzene rings is 2. The maximum absolute atomic E-state index is 14.8. The molecule has 3 heterocycles. The number of urea groups is 1. The average molecular weight is 504 g/mol. The van der Waals surface area contributed by atoms with E-state index in [-0.39, 0.29) is 17.3 Å². The highest BCUT2D eigenvalue weighted by Crippen LogP contribution is 2.40. The normalized spacial score (nSPS) is 13.1. The van der Waals surface area contributed by atoms with Crippen molar-refractivity contribution < 1.29 is 13.9 Å². The van der Waals surface area contributed by atoms with Crippen LogP contribution in [0.2, 0.25) is 5.02 Å². The maximum atomic E-state index is 14.8. The third-order valence-electron chi connectivity index (χ3n) is 5.76. The summed E-state index contributed by atoms with van der Waals surface area (Å²) in [5, 5.41) is 10.9. The van der Waals surface area contributed by atoms with Crippen LogP contribution in [0.1, 0.15) is 24.5 Å². The van der Waals surface area contributed by atoms with Gasteiger partial charge in [-0.3, -0.25) is 5.32 Å². The molecule has 0 spiro atoms. The van der Waals surface area contributed by atoms with E-state index in [1.54, 1.807) is 10.9 Å². The fourth-order valence-corrected chi connectivity index (χ4v) is 4.08. The van der Waals surface area contributed by atoms with E-state index in [1.807, 2.05) is 36.4 Å². The molecule has 2 amide bonds. The van der Waals surface area contributed by atoms with E-state index in [0.717, 1.165) is 30.3 Å². The Bertz CT molecular complexity index is 1580. The molecule has 5 aromatic rings. The third kappa shape index (κ3) is 4.34. The Hall–Kier alpha value is -4.44. The number of carbonyl (C=O) groups excluding carboxylic acids is 1. The van der Waals surface area contributed by atoms with Gasteiger partial charge in [-0.2, -0.15) is 5.10 Å². The highest BCUT2D eigenvalue weighted by molar-refractivity contribution is 6.35. The number of nitrogens with one attached hydrogen (secondary N) is 3. The molecule has 1 aliphatic rings. The van der Waals surface area contributed by atoms with Crippen LogP contribution in [0.15, 0.2) is 67.1 Å². The van der Waals surface area contributed by atoms with Gasteiger partial charge in [-0.15, -0.1) is 0 Å². The Labute approximate surface area is 209 Å². The van der Waals surface area contributed by atoms with Gasteiger partial charge in [0, 0.05) is 24.2 Å². The Morgan fingerprint density at radius 3 is 2.72 bits per heavy atom. The molecule has 11 heteroatoms. The van der Waals surface area contributed by atoms with Crippen molar-refractivity contribution in [2.24, 2.45) is 0 Å². The van der Waals surface area contributed by atoms with E-state index < -0.39 is 11.8 Å². The molecule has 0 radical (unpaired) electrons. The van der Waals surface area contributed by atoms with Gasteiger partial charge >= 0.3 is 6.03 Å². The number of para-hydroxylation sites is 1. The first-order valence-electron chi connectivity index (χ1n) is 11.2. The van der Waals surface area contributed by atoms with Crippen LogP contribution in [0.4, 0.5) is 20.7 Å². The predicted molar refractivity (Wildman–Crippen MR) is 134 cm³/mol. The smallest absolute Gasteiger partial charge is 0.324 e. The Balaban J connectivity index is 1.19. The molecule has 1 fully saturated rings. The van der Waals surface area contributed by atoms with Crippen LogP contribution in [0.3, 0.4) is 0 Å². The third-order valence-corrected chi connectivity index (χ3v) is 6.05. The first-order chi connectivity index (χ1) is 17.5. The minimum Gasteiger partial charge on any atom is -0.438 e. The van der Waals surface area contributed by atoms with Gasteiger partial charge < -0.3 is 15.0 Å². The van der Waals surface area contributed by atoms with Crippen molar-refractivity contribution in [1.29, 1.82) is 0 Å². The van der Waals surface area contributed by atoms with Gasteiger partial charge in [0.05, 0.1) is 27.5 Å². The number of hydrogen-bond acceptors (Lipinski definition) is 5. The van der Waals surface area contributed by atoms with Gasteiger partial charge in [0.25, 0.3) is 0 Å². The molecule has 0 aliphatic heterocycles. The van der Waals surface area contributed by atoms with Crippen LogP contribution in [0.5, 0.6) is 11.6 Å². The van der Waals surface area contributed by atoms with E-state index in [2.05, 4.69) is 30.7 Å². The Kier molecular flexibility index (Phi) is 5.49. The fraction of sp³-hybridized carbons (Fsp3) is 0.120. The van der Waals surface area contributed by atoms with Crippen molar-refractivity contribution in [3.63, 3.8) is 0 Å². The summed E-state index contributed by atoms with van der Waals surface area (Å²) >= 11 is 6.17. The molecule has 2 aromatic carbocycles. The summed E-state index contributed by atoms with van der Waals surface area (Å²) in [5.41, 5.74) is 2.22. The number of hydrogen-bond donors (Lipinski definition) is 3. The molecule has 6 rings (SSSR count). The highest BCUT2D eigenvalue weighted by Gasteiger charge is 2.28. The molecule has 0 saturated heterocycles. The summed E-state index contributed by atoms with van der Waals surface area (Å²) in [6, 6.07) is 14.8. The monoisotopic (exact) mass is 503 g/mol. The van der Waals surface area contributed by atoms with Gasteiger partial charge in [-0.25, -0.2) is 23.8 Å². The minimum atomic E-state index is -0.677. The number of anilines is 2. The number of rotatable bonds is 6. The average Bonchev–Trinajstić information content (AvgIpc) is 3.54. The Morgan fingerprint density at radius 1 is 1.11 bits per heavy atom. The van der Waals surface area contributed by atoms with Crippen LogP contribution < -0.4 is 15.4 Å². The van der Waals surface area contributed by atoms with Crippen LogP contribution >= 0.6 is 11.6 Å². The van der Waals surface area contributed by atoms with Crippen molar-refractivity contribution in [1.82, 2.24) is 24.7 Å². The molecule has 0 bridgehead atoms. The predicted octanol–water partition coefficient (Wildman–Crippen LogP) is 6.25. The molecule has 1 aliphatic carbocycles. The molecule has 0 unspecified atom stereocenters. The second-order valence-corrected chi connectivity index (χ2v) is 8.75. The number of aromatic amines is 1. The quantitative estimate of drug-likeness (QED) is 0.254. The van der Waals surface area contributed by atoms with Crippen LogP contribution in [0.25, 0.3) is 16.7 Å². The lowest BCUT2D eigenvalue weighted by molar-refractivity contribution is 0.262. The SMILES string of the molecule is O=C(Nc1ccc(Oc2ncnc3[nH]cc(Cl)c23)cc1F)Nc1cc(C2CC2)nn1-c1ccccc1. The minimum absolute atomic E-state index is 0.0134. The van der Waals surface area contributed by atoms with Crippen molar-refractivity contribution in [2.45, 2.75) is 18.8 Å². The standard InChI is InChI=1S/C25H19ClFN7O2/c26-17-12-28-23-22(17)24(30-13-29-23)36-16-8-9-19(18(27)10-16)31-25(35)32-21-11-20(14-6-7-14)33-34(21)15-4-2-1-3-5-15/h1-5,8-14H,6-7H2,(H,28,29,30)(H2,31,32,35). The lowest BCUT2D eigenvalue weighted by Gasteiger charge is -2.11. The number of fused-ring (bicyclic) bond motifs is 1. The van der Waals surface area contributed by atoms with Gasteiger partial charge in [0.15, 0.2) is 0 Å². The number of halogens is 2. The van der Waals surface area contributed by atoms with Gasteiger partial charge in [-0.1, -0.05) is 29.8 Å². The maximum Gasteiger partial charge on any atom is 0.324 e. The number of nitrogens with zero attached hydrogens (tertiary/aromatic N) is 4. The van der Waals surface area contributed by atoms with Crippen molar-refractivity contribution >= 4 is 40.2 Å².